The SMILES string of the molecule is COc1cccc(NC(=O)[C@@H](SC(=S)N2C[C@@H]3C[C@@H](C2)c2cccc(=O)n2C3)c2ccccc2)c1. The number of anilines is 1. The van der Waals surface area contributed by atoms with Gasteiger partial charge in [-0.05, 0) is 36.1 Å². The largest absolute Gasteiger partial charge is 0.497 e. The third kappa shape index (κ3) is 5.13. The molecule has 35 heavy (non-hydrogen) atoms. The number of amides is 1. The molecule has 1 saturated heterocycles. The lowest BCUT2D eigenvalue weighted by Crippen LogP contribution is -2.48. The molecule has 2 aliphatic rings. The highest BCUT2D eigenvalue weighted by Gasteiger charge is 2.36. The number of methoxy groups -OCH3 is 1. The van der Waals surface area contributed by atoms with Crippen LogP contribution >= 0.6 is 24.0 Å². The Labute approximate surface area is 214 Å². The van der Waals surface area contributed by atoms with Gasteiger partial charge in [-0.25, -0.2) is 0 Å². The number of pyridine rings is 1. The molecule has 3 aromatic rings. The second kappa shape index (κ2) is 10.3. The standard InChI is InChI=1S/C27H27N3O3S2/c1-33-22-10-5-9-21(14-22)28-26(32)25(19-7-3-2-4-8-19)35-27(34)29-15-18-13-20(17-29)23-11-6-12-24(31)30(23)16-18/h2-12,14,18,20,25H,13,15-17H2,1H3,(H,28,32)/t18-,20-,25-/m0/s1. The van der Waals surface area contributed by atoms with Crippen molar-refractivity contribution < 1.29 is 9.53 Å². The summed E-state index contributed by atoms with van der Waals surface area (Å²) in [5.41, 5.74) is 2.73. The number of nitrogens with one attached hydrogen (secondary N) is 1. The number of likely N-dealkylation sites (tertiary alicyclic amines) is 1. The fourth-order valence-electron chi connectivity index (χ4n) is 5.03. The number of aromatic nitrogens is 1. The highest BCUT2D eigenvalue weighted by Crippen LogP contribution is 2.39. The van der Waals surface area contributed by atoms with E-state index in [2.05, 4.69) is 16.3 Å². The van der Waals surface area contributed by atoms with Crippen molar-refractivity contribution in [2.45, 2.75) is 24.1 Å². The number of nitrogens with zero attached hydrogens (tertiary/aromatic N) is 2. The third-order valence-corrected chi connectivity index (χ3v) is 8.36. The Balaban J connectivity index is 1.34. The average Bonchev–Trinajstić information content (AvgIpc) is 2.88. The average molecular weight is 506 g/mol. The van der Waals surface area contributed by atoms with E-state index >= 15 is 0 Å². The molecule has 2 aliphatic heterocycles. The molecule has 8 heteroatoms. The van der Waals surface area contributed by atoms with Crippen molar-refractivity contribution in [3.8, 4) is 5.75 Å². The van der Waals surface area contributed by atoms with Gasteiger partial charge in [0.25, 0.3) is 5.56 Å². The van der Waals surface area contributed by atoms with E-state index in [-0.39, 0.29) is 17.4 Å². The summed E-state index contributed by atoms with van der Waals surface area (Å²) in [7, 11) is 1.60. The van der Waals surface area contributed by atoms with Gasteiger partial charge in [-0.3, -0.25) is 9.59 Å². The molecule has 1 aromatic heterocycles. The Morgan fingerprint density at radius 3 is 2.66 bits per heavy atom. The summed E-state index contributed by atoms with van der Waals surface area (Å²) in [6, 6.07) is 22.6. The number of ether oxygens (including phenoxy) is 1. The summed E-state index contributed by atoms with van der Waals surface area (Å²) in [4.78, 5) is 28.0. The number of piperidine rings is 1. The fourth-order valence-corrected chi connectivity index (χ4v) is 6.43. The summed E-state index contributed by atoms with van der Waals surface area (Å²) >= 11 is 7.31. The lowest BCUT2D eigenvalue weighted by molar-refractivity contribution is -0.115. The van der Waals surface area contributed by atoms with Crippen LogP contribution in [0, 0.1) is 5.92 Å². The quantitative estimate of drug-likeness (QED) is 0.509. The molecular formula is C27H27N3O3S2. The maximum atomic E-state index is 13.4. The van der Waals surface area contributed by atoms with Gasteiger partial charge < -0.3 is 19.5 Å². The lowest BCUT2D eigenvalue weighted by atomic mass is 9.83. The van der Waals surface area contributed by atoms with Gasteiger partial charge in [0.1, 0.15) is 15.3 Å². The first-order valence-corrected chi connectivity index (χ1v) is 13.0. The number of rotatable bonds is 5. The zero-order valence-corrected chi connectivity index (χ0v) is 21.1. The summed E-state index contributed by atoms with van der Waals surface area (Å²) in [5.74, 6) is 1.17. The van der Waals surface area contributed by atoms with E-state index < -0.39 is 5.25 Å². The molecule has 3 heterocycles. The van der Waals surface area contributed by atoms with Crippen LogP contribution < -0.4 is 15.6 Å². The smallest absolute Gasteiger partial charge is 0.250 e. The zero-order chi connectivity index (χ0) is 24.4. The Hall–Kier alpha value is -3.10. The van der Waals surface area contributed by atoms with E-state index in [0.29, 0.717) is 28.2 Å². The van der Waals surface area contributed by atoms with Gasteiger partial charge in [-0.2, -0.15) is 0 Å². The first kappa shape index (κ1) is 23.6. The number of hydrogen-bond donors (Lipinski definition) is 1. The van der Waals surface area contributed by atoms with Crippen molar-refractivity contribution in [1.29, 1.82) is 0 Å². The molecular weight excluding hydrogens is 478 g/mol. The minimum Gasteiger partial charge on any atom is -0.497 e. The summed E-state index contributed by atoms with van der Waals surface area (Å²) in [6.45, 7) is 2.26. The number of thiocarbonyl (C=S) groups is 1. The van der Waals surface area contributed by atoms with Gasteiger partial charge in [-0.1, -0.05) is 66.4 Å². The summed E-state index contributed by atoms with van der Waals surface area (Å²) < 4.78 is 7.92. The van der Waals surface area contributed by atoms with Gasteiger partial charge >= 0.3 is 0 Å². The molecule has 6 nitrogen and oxygen atoms in total. The number of benzene rings is 2. The Morgan fingerprint density at radius 1 is 1.06 bits per heavy atom. The highest BCUT2D eigenvalue weighted by molar-refractivity contribution is 8.23. The van der Waals surface area contributed by atoms with Crippen LogP contribution in [0.25, 0.3) is 0 Å². The van der Waals surface area contributed by atoms with Crippen LogP contribution in [0.2, 0.25) is 0 Å². The van der Waals surface area contributed by atoms with Crippen molar-refractivity contribution in [2.75, 3.05) is 25.5 Å². The third-order valence-electron chi connectivity index (χ3n) is 6.63. The number of carbonyl (C=O) groups is 1. The van der Waals surface area contributed by atoms with Gasteiger partial charge in [-0.15, -0.1) is 0 Å². The Kier molecular flexibility index (Phi) is 6.92. The van der Waals surface area contributed by atoms with E-state index in [9.17, 15) is 9.59 Å². The van der Waals surface area contributed by atoms with Crippen molar-refractivity contribution in [1.82, 2.24) is 9.47 Å². The minimum absolute atomic E-state index is 0.0703. The summed E-state index contributed by atoms with van der Waals surface area (Å²) in [6.07, 6.45) is 1.06. The maximum Gasteiger partial charge on any atom is 0.250 e. The molecule has 0 saturated carbocycles. The molecule has 0 spiro atoms. The first-order valence-electron chi connectivity index (χ1n) is 11.7. The van der Waals surface area contributed by atoms with E-state index in [1.165, 1.54) is 11.8 Å². The van der Waals surface area contributed by atoms with E-state index in [0.717, 1.165) is 30.8 Å². The molecule has 1 N–H and O–H groups in total. The molecule has 1 amide bonds. The minimum atomic E-state index is -0.494. The first-order chi connectivity index (χ1) is 17.0. The highest BCUT2D eigenvalue weighted by atomic mass is 32.2. The molecule has 3 atom stereocenters. The van der Waals surface area contributed by atoms with Crippen LogP contribution in [0.5, 0.6) is 5.75 Å². The second-order valence-corrected chi connectivity index (χ2v) is 10.7. The van der Waals surface area contributed by atoms with Gasteiger partial charge in [0.15, 0.2) is 0 Å². The number of fused-ring (bicyclic) bond motifs is 4. The van der Waals surface area contributed by atoms with Gasteiger partial charge in [0, 0.05) is 49.1 Å². The van der Waals surface area contributed by atoms with Crippen LogP contribution in [0.4, 0.5) is 5.69 Å². The molecule has 2 bridgehead atoms. The molecule has 0 radical (unpaired) electrons. The number of thioether (sulfide) groups is 1. The Morgan fingerprint density at radius 2 is 1.86 bits per heavy atom. The molecule has 2 aromatic carbocycles. The van der Waals surface area contributed by atoms with Gasteiger partial charge in [0.2, 0.25) is 5.91 Å². The number of carbonyl (C=O) groups excluding carboxylic acids is 1. The molecule has 1 fully saturated rings. The second-order valence-electron chi connectivity index (χ2n) is 9.00. The van der Waals surface area contributed by atoms with Crippen LogP contribution in [0.1, 0.15) is 28.8 Å². The van der Waals surface area contributed by atoms with E-state index in [1.54, 1.807) is 19.2 Å². The molecule has 5 rings (SSSR count). The molecule has 0 unspecified atom stereocenters. The lowest BCUT2D eigenvalue weighted by Gasteiger charge is -2.43. The van der Waals surface area contributed by atoms with Crippen LogP contribution in [0.15, 0.2) is 77.6 Å². The van der Waals surface area contributed by atoms with Gasteiger partial charge in [0.05, 0.1) is 7.11 Å². The van der Waals surface area contributed by atoms with Crippen LogP contribution in [-0.2, 0) is 11.3 Å². The zero-order valence-electron chi connectivity index (χ0n) is 19.4. The van der Waals surface area contributed by atoms with Crippen molar-refractivity contribution in [3.05, 3.63) is 94.4 Å². The van der Waals surface area contributed by atoms with Crippen molar-refractivity contribution in [3.63, 3.8) is 0 Å². The molecule has 180 valence electrons. The predicted molar refractivity (Wildman–Crippen MR) is 144 cm³/mol. The Bertz CT molecular complexity index is 1290. The van der Waals surface area contributed by atoms with Crippen molar-refractivity contribution >= 4 is 39.9 Å². The monoisotopic (exact) mass is 505 g/mol. The predicted octanol–water partition coefficient (Wildman–Crippen LogP) is 4.67. The summed E-state index contributed by atoms with van der Waals surface area (Å²) in [5, 5.41) is 2.53. The van der Waals surface area contributed by atoms with E-state index in [4.69, 9.17) is 17.0 Å². The fraction of sp³-hybridized carbons (Fsp3) is 0.296. The van der Waals surface area contributed by atoms with E-state index in [1.807, 2.05) is 59.2 Å². The number of hydrogen-bond acceptors (Lipinski definition) is 5. The maximum absolute atomic E-state index is 13.4. The van der Waals surface area contributed by atoms with Crippen LogP contribution in [0.3, 0.4) is 0 Å². The van der Waals surface area contributed by atoms with Crippen LogP contribution in [-0.4, -0.2) is 39.9 Å². The molecule has 0 aliphatic carbocycles. The van der Waals surface area contributed by atoms with Crippen molar-refractivity contribution in [2.24, 2.45) is 5.92 Å². The normalized spacial score (nSPS) is 19.4. The topological polar surface area (TPSA) is 63.6 Å².